The average molecular weight is 266 g/mol. The lowest BCUT2D eigenvalue weighted by Gasteiger charge is -2.08. The summed E-state index contributed by atoms with van der Waals surface area (Å²) >= 11 is 0. The summed E-state index contributed by atoms with van der Waals surface area (Å²) in [6.07, 6.45) is 0. The first-order valence-electron chi connectivity index (χ1n) is 5.70. The molecule has 1 aromatic carbocycles. The normalized spacial score (nSPS) is 10.8. The van der Waals surface area contributed by atoms with Gasteiger partial charge in [-0.3, -0.25) is 4.79 Å². The van der Waals surface area contributed by atoms with E-state index in [0.29, 0.717) is 5.82 Å². The van der Waals surface area contributed by atoms with Crippen LogP contribution in [0.2, 0.25) is 0 Å². The minimum atomic E-state index is -1.02. The Hall–Kier alpha value is -2.24. The number of rotatable bonds is 3. The smallest absolute Gasteiger partial charge is 0.254 e. The molecular formula is C13H12F2N2O2. The highest BCUT2D eigenvalue weighted by atomic mass is 19.2. The summed E-state index contributed by atoms with van der Waals surface area (Å²) in [5, 5.41) is 0. The molecule has 2 rings (SSSR count). The number of hydrogen-bond donors (Lipinski definition) is 1. The van der Waals surface area contributed by atoms with E-state index < -0.39 is 11.6 Å². The molecule has 0 aliphatic rings. The van der Waals surface area contributed by atoms with Crippen molar-refractivity contribution in [3.63, 3.8) is 0 Å². The fourth-order valence-corrected chi connectivity index (χ4v) is 1.44. The standard InChI is InChI=1S/C13H12F2N2O2/c1-7(2)13-16-11(18)6-12(17-13)19-8-3-4-9(14)10(15)5-8/h3-7H,1-2H3,(H,16,17,18). The summed E-state index contributed by atoms with van der Waals surface area (Å²) in [7, 11) is 0. The summed E-state index contributed by atoms with van der Waals surface area (Å²) in [5.74, 6) is -1.39. The first-order chi connectivity index (χ1) is 8.95. The molecule has 19 heavy (non-hydrogen) atoms. The lowest BCUT2D eigenvalue weighted by atomic mass is 10.2. The maximum atomic E-state index is 13.0. The van der Waals surface area contributed by atoms with Gasteiger partial charge < -0.3 is 9.72 Å². The molecule has 0 aliphatic carbocycles. The van der Waals surface area contributed by atoms with E-state index >= 15 is 0 Å². The summed E-state index contributed by atoms with van der Waals surface area (Å²) in [6.45, 7) is 3.72. The van der Waals surface area contributed by atoms with Crippen molar-refractivity contribution in [3.05, 3.63) is 52.1 Å². The van der Waals surface area contributed by atoms with Crippen molar-refractivity contribution >= 4 is 0 Å². The van der Waals surface area contributed by atoms with Crippen molar-refractivity contribution in [2.45, 2.75) is 19.8 Å². The van der Waals surface area contributed by atoms with E-state index in [4.69, 9.17) is 4.74 Å². The molecule has 0 saturated carbocycles. The van der Waals surface area contributed by atoms with Crippen LogP contribution < -0.4 is 10.3 Å². The number of nitrogens with zero attached hydrogens (tertiary/aromatic N) is 1. The Bertz CT molecular complexity index is 653. The number of hydrogen-bond acceptors (Lipinski definition) is 3. The van der Waals surface area contributed by atoms with Crippen molar-refractivity contribution < 1.29 is 13.5 Å². The van der Waals surface area contributed by atoms with Crippen LogP contribution >= 0.6 is 0 Å². The van der Waals surface area contributed by atoms with E-state index in [1.165, 1.54) is 6.07 Å². The number of aromatic amines is 1. The second kappa shape index (κ2) is 5.17. The van der Waals surface area contributed by atoms with Crippen LogP contribution in [0.15, 0.2) is 29.1 Å². The van der Waals surface area contributed by atoms with E-state index in [1.54, 1.807) is 0 Å². The van der Waals surface area contributed by atoms with Gasteiger partial charge in [-0.05, 0) is 12.1 Å². The first kappa shape index (κ1) is 13.2. The fourth-order valence-electron chi connectivity index (χ4n) is 1.44. The minimum Gasteiger partial charge on any atom is -0.439 e. The Morgan fingerprint density at radius 1 is 1.21 bits per heavy atom. The topological polar surface area (TPSA) is 55.0 Å². The monoisotopic (exact) mass is 266 g/mol. The molecule has 0 atom stereocenters. The van der Waals surface area contributed by atoms with Gasteiger partial charge in [-0.25, -0.2) is 8.78 Å². The molecule has 0 unspecified atom stereocenters. The van der Waals surface area contributed by atoms with Crippen LogP contribution in [0.3, 0.4) is 0 Å². The van der Waals surface area contributed by atoms with Crippen LogP contribution in [0.5, 0.6) is 11.6 Å². The molecule has 2 aromatic rings. The number of aromatic nitrogens is 2. The Kier molecular flexibility index (Phi) is 3.59. The van der Waals surface area contributed by atoms with Gasteiger partial charge in [0.05, 0.1) is 6.07 Å². The van der Waals surface area contributed by atoms with Crippen LogP contribution in [0.1, 0.15) is 25.6 Å². The lowest BCUT2D eigenvalue weighted by Crippen LogP contribution is -2.11. The minimum absolute atomic E-state index is 0.0150. The molecule has 0 amide bonds. The second-order valence-electron chi connectivity index (χ2n) is 4.30. The second-order valence-corrected chi connectivity index (χ2v) is 4.30. The van der Waals surface area contributed by atoms with Gasteiger partial charge in [0.2, 0.25) is 5.88 Å². The van der Waals surface area contributed by atoms with Gasteiger partial charge in [-0.1, -0.05) is 13.8 Å². The highest BCUT2D eigenvalue weighted by Crippen LogP contribution is 2.21. The average Bonchev–Trinajstić information content (AvgIpc) is 2.33. The van der Waals surface area contributed by atoms with E-state index in [2.05, 4.69) is 9.97 Å². The van der Waals surface area contributed by atoms with Gasteiger partial charge in [0.15, 0.2) is 11.6 Å². The summed E-state index contributed by atoms with van der Waals surface area (Å²) in [4.78, 5) is 18.1. The molecule has 0 fully saturated rings. The van der Waals surface area contributed by atoms with Crippen LogP contribution in [0.4, 0.5) is 8.78 Å². The summed E-state index contributed by atoms with van der Waals surface area (Å²) < 4.78 is 31.0. The molecular weight excluding hydrogens is 254 g/mol. The molecule has 0 aliphatic heterocycles. The number of benzene rings is 1. The molecule has 100 valence electrons. The summed E-state index contributed by atoms with van der Waals surface area (Å²) in [5.41, 5.74) is -0.365. The van der Waals surface area contributed by atoms with Gasteiger partial charge in [-0.2, -0.15) is 4.98 Å². The van der Waals surface area contributed by atoms with E-state index in [9.17, 15) is 13.6 Å². The first-order valence-corrected chi connectivity index (χ1v) is 5.70. The van der Waals surface area contributed by atoms with Crippen molar-refractivity contribution in [1.29, 1.82) is 0 Å². The zero-order valence-electron chi connectivity index (χ0n) is 10.4. The van der Waals surface area contributed by atoms with Gasteiger partial charge in [0.1, 0.15) is 11.6 Å². The Morgan fingerprint density at radius 3 is 2.58 bits per heavy atom. The molecule has 6 heteroatoms. The van der Waals surface area contributed by atoms with Crippen molar-refractivity contribution in [1.82, 2.24) is 9.97 Å². The molecule has 4 nitrogen and oxygen atoms in total. The highest BCUT2D eigenvalue weighted by Gasteiger charge is 2.08. The third-order valence-electron chi connectivity index (χ3n) is 2.40. The zero-order chi connectivity index (χ0) is 14.0. The zero-order valence-corrected chi connectivity index (χ0v) is 10.4. The molecule has 1 N–H and O–H groups in total. The van der Waals surface area contributed by atoms with Gasteiger partial charge in [0.25, 0.3) is 5.56 Å². The molecule has 0 radical (unpaired) electrons. The maximum Gasteiger partial charge on any atom is 0.254 e. The SMILES string of the molecule is CC(C)c1nc(Oc2ccc(F)c(F)c2)cc(=O)[nH]1. The summed E-state index contributed by atoms with van der Waals surface area (Å²) in [6, 6.07) is 4.25. The van der Waals surface area contributed by atoms with Crippen molar-refractivity contribution in [2.24, 2.45) is 0 Å². The van der Waals surface area contributed by atoms with Crippen LogP contribution in [0, 0.1) is 11.6 Å². The van der Waals surface area contributed by atoms with E-state index in [0.717, 1.165) is 18.2 Å². The highest BCUT2D eigenvalue weighted by molar-refractivity contribution is 5.27. The number of nitrogens with one attached hydrogen (secondary N) is 1. The molecule has 0 bridgehead atoms. The van der Waals surface area contributed by atoms with E-state index in [1.807, 2.05) is 13.8 Å². The van der Waals surface area contributed by atoms with Crippen LogP contribution in [0.25, 0.3) is 0 Å². The molecule has 0 spiro atoms. The largest absolute Gasteiger partial charge is 0.439 e. The van der Waals surface area contributed by atoms with E-state index in [-0.39, 0.29) is 23.1 Å². The third kappa shape index (κ3) is 3.15. The van der Waals surface area contributed by atoms with Gasteiger partial charge >= 0.3 is 0 Å². The van der Waals surface area contributed by atoms with Crippen molar-refractivity contribution in [2.75, 3.05) is 0 Å². The number of halogens is 2. The van der Waals surface area contributed by atoms with Gasteiger partial charge in [0, 0.05) is 12.0 Å². The molecule has 1 heterocycles. The van der Waals surface area contributed by atoms with Crippen LogP contribution in [-0.4, -0.2) is 9.97 Å². The predicted molar refractivity (Wildman–Crippen MR) is 65.4 cm³/mol. The lowest BCUT2D eigenvalue weighted by molar-refractivity contribution is 0.442. The Labute approximate surface area is 108 Å². The third-order valence-corrected chi connectivity index (χ3v) is 2.40. The van der Waals surface area contributed by atoms with Gasteiger partial charge in [-0.15, -0.1) is 0 Å². The predicted octanol–water partition coefficient (Wildman–Crippen LogP) is 2.96. The Morgan fingerprint density at radius 2 is 1.95 bits per heavy atom. The Balaban J connectivity index is 2.32. The molecule has 1 aromatic heterocycles. The van der Waals surface area contributed by atoms with Crippen LogP contribution in [-0.2, 0) is 0 Å². The number of ether oxygens (including phenoxy) is 1. The molecule has 0 saturated heterocycles. The number of H-pyrrole nitrogens is 1. The quantitative estimate of drug-likeness (QED) is 0.929. The fraction of sp³-hybridized carbons (Fsp3) is 0.231. The maximum absolute atomic E-state index is 13.0. The van der Waals surface area contributed by atoms with Crippen molar-refractivity contribution in [3.8, 4) is 11.6 Å².